The molecule has 0 spiro atoms. The van der Waals surface area contributed by atoms with Gasteiger partial charge in [-0.05, 0) is 18.2 Å². The van der Waals surface area contributed by atoms with Crippen molar-refractivity contribution < 1.29 is 17.9 Å². The van der Waals surface area contributed by atoms with Crippen LogP contribution in [-0.4, -0.2) is 34.4 Å². The van der Waals surface area contributed by atoms with E-state index in [1.54, 1.807) is 0 Å². The second kappa shape index (κ2) is 6.19. The Hall–Kier alpha value is -2.09. The van der Waals surface area contributed by atoms with Crippen LogP contribution in [0.4, 0.5) is 19.1 Å². The van der Waals surface area contributed by atoms with Gasteiger partial charge >= 0.3 is 6.18 Å². The standard InChI is InChI=1S/C14H12ClF3N4O/c15-11-2-1-9(14(16,17)18)7-12(11)23-10-3-6-22(8-10)13-19-4-5-20-21-13/h1-2,4-5,7,10H,3,6,8H2. The first-order valence-electron chi connectivity index (χ1n) is 6.85. The van der Waals surface area contributed by atoms with Crippen LogP contribution in [0.15, 0.2) is 30.6 Å². The average Bonchev–Trinajstić information content (AvgIpc) is 2.98. The van der Waals surface area contributed by atoms with Crippen LogP contribution in [0.5, 0.6) is 5.75 Å². The molecule has 122 valence electrons. The zero-order valence-electron chi connectivity index (χ0n) is 11.8. The van der Waals surface area contributed by atoms with Crippen LogP contribution in [0.1, 0.15) is 12.0 Å². The van der Waals surface area contributed by atoms with Crippen molar-refractivity contribution in [3.63, 3.8) is 0 Å². The van der Waals surface area contributed by atoms with Gasteiger partial charge in [0.25, 0.3) is 0 Å². The van der Waals surface area contributed by atoms with Gasteiger partial charge in [0.2, 0.25) is 5.95 Å². The molecular formula is C14H12ClF3N4O. The Labute approximate surface area is 135 Å². The fraction of sp³-hybridized carbons (Fsp3) is 0.357. The molecule has 2 heterocycles. The molecule has 0 aliphatic carbocycles. The third-order valence-electron chi connectivity index (χ3n) is 3.45. The first-order chi connectivity index (χ1) is 10.9. The third-order valence-corrected chi connectivity index (χ3v) is 3.76. The van der Waals surface area contributed by atoms with E-state index in [1.165, 1.54) is 18.5 Å². The SMILES string of the molecule is FC(F)(F)c1ccc(Cl)c(OC2CCN(c3nccnn3)C2)c1. The molecule has 0 saturated carbocycles. The van der Waals surface area contributed by atoms with Crippen LogP contribution in [0.25, 0.3) is 0 Å². The van der Waals surface area contributed by atoms with Crippen LogP contribution < -0.4 is 9.64 Å². The number of alkyl halides is 3. The number of aromatic nitrogens is 3. The van der Waals surface area contributed by atoms with Crippen molar-refractivity contribution in [3.05, 3.63) is 41.2 Å². The Morgan fingerprint density at radius 1 is 1.26 bits per heavy atom. The van der Waals surface area contributed by atoms with Crippen molar-refractivity contribution in [1.82, 2.24) is 15.2 Å². The maximum atomic E-state index is 12.8. The number of nitrogens with zero attached hydrogens (tertiary/aromatic N) is 4. The van der Waals surface area contributed by atoms with E-state index in [0.717, 1.165) is 12.1 Å². The maximum absolute atomic E-state index is 12.8. The maximum Gasteiger partial charge on any atom is 0.416 e. The molecule has 0 N–H and O–H groups in total. The quantitative estimate of drug-likeness (QED) is 0.856. The molecule has 1 aromatic carbocycles. The summed E-state index contributed by atoms with van der Waals surface area (Å²) in [4.78, 5) is 5.95. The van der Waals surface area contributed by atoms with Crippen LogP contribution in [0, 0.1) is 0 Å². The van der Waals surface area contributed by atoms with Gasteiger partial charge in [-0.1, -0.05) is 11.6 Å². The molecule has 5 nitrogen and oxygen atoms in total. The van der Waals surface area contributed by atoms with E-state index < -0.39 is 11.7 Å². The van der Waals surface area contributed by atoms with Crippen molar-refractivity contribution in [3.8, 4) is 5.75 Å². The van der Waals surface area contributed by atoms with Crippen molar-refractivity contribution in [2.24, 2.45) is 0 Å². The predicted molar refractivity (Wildman–Crippen MR) is 77.5 cm³/mol. The summed E-state index contributed by atoms with van der Waals surface area (Å²) in [7, 11) is 0. The number of rotatable bonds is 3. The van der Waals surface area contributed by atoms with E-state index in [0.29, 0.717) is 25.5 Å². The molecule has 0 radical (unpaired) electrons. The minimum atomic E-state index is -4.44. The Morgan fingerprint density at radius 3 is 2.78 bits per heavy atom. The van der Waals surface area contributed by atoms with E-state index >= 15 is 0 Å². The van der Waals surface area contributed by atoms with Gasteiger partial charge < -0.3 is 9.64 Å². The summed E-state index contributed by atoms with van der Waals surface area (Å²) in [6, 6.07) is 3.04. The number of benzene rings is 1. The Morgan fingerprint density at radius 2 is 2.09 bits per heavy atom. The molecule has 0 bridgehead atoms. The Balaban J connectivity index is 1.71. The second-order valence-corrected chi connectivity index (χ2v) is 5.47. The summed E-state index contributed by atoms with van der Waals surface area (Å²) >= 11 is 5.94. The molecule has 1 aliphatic heterocycles. The van der Waals surface area contributed by atoms with E-state index in [2.05, 4.69) is 15.2 Å². The van der Waals surface area contributed by atoms with Gasteiger partial charge in [-0.2, -0.15) is 18.3 Å². The van der Waals surface area contributed by atoms with Crippen molar-refractivity contribution in [2.45, 2.75) is 18.7 Å². The first kappa shape index (κ1) is 15.8. The fourth-order valence-electron chi connectivity index (χ4n) is 2.34. The number of hydrogen-bond acceptors (Lipinski definition) is 5. The van der Waals surface area contributed by atoms with Crippen molar-refractivity contribution in [1.29, 1.82) is 0 Å². The molecule has 1 unspecified atom stereocenters. The lowest BCUT2D eigenvalue weighted by molar-refractivity contribution is -0.137. The monoisotopic (exact) mass is 344 g/mol. The van der Waals surface area contributed by atoms with Gasteiger partial charge in [0, 0.05) is 13.0 Å². The van der Waals surface area contributed by atoms with Crippen LogP contribution in [0.3, 0.4) is 0 Å². The van der Waals surface area contributed by atoms with E-state index in [1.807, 2.05) is 4.90 Å². The topological polar surface area (TPSA) is 51.1 Å². The lowest BCUT2D eigenvalue weighted by Gasteiger charge is -2.18. The van der Waals surface area contributed by atoms with Gasteiger partial charge in [-0.3, -0.25) is 0 Å². The molecule has 1 fully saturated rings. The zero-order chi connectivity index (χ0) is 16.4. The number of hydrogen-bond donors (Lipinski definition) is 0. The summed E-state index contributed by atoms with van der Waals surface area (Å²) in [5, 5.41) is 7.80. The van der Waals surface area contributed by atoms with Crippen LogP contribution in [-0.2, 0) is 6.18 Å². The molecule has 0 amide bonds. The van der Waals surface area contributed by atoms with E-state index in [-0.39, 0.29) is 16.9 Å². The van der Waals surface area contributed by atoms with Crippen molar-refractivity contribution >= 4 is 17.5 Å². The lowest BCUT2D eigenvalue weighted by atomic mass is 10.2. The normalized spacial score (nSPS) is 18.3. The largest absolute Gasteiger partial charge is 0.487 e. The molecule has 23 heavy (non-hydrogen) atoms. The van der Waals surface area contributed by atoms with Crippen LogP contribution in [0.2, 0.25) is 5.02 Å². The fourth-order valence-corrected chi connectivity index (χ4v) is 2.50. The molecule has 1 saturated heterocycles. The molecular weight excluding hydrogens is 333 g/mol. The Kier molecular flexibility index (Phi) is 4.25. The summed E-state index contributed by atoms with van der Waals surface area (Å²) in [6.45, 7) is 1.09. The minimum absolute atomic E-state index is 0.0282. The van der Waals surface area contributed by atoms with Gasteiger partial charge in [0.15, 0.2) is 0 Å². The summed E-state index contributed by atoms with van der Waals surface area (Å²) in [5.74, 6) is 0.495. The molecule has 1 atom stereocenters. The molecule has 3 rings (SSSR count). The molecule has 1 aromatic heterocycles. The highest BCUT2D eigenvalue weighted by Gasteiger charge is 2.32. The van der Waals surface area contributed by atoms with Gasteiger partial charge in [0.1, 0.15) is 11.9 Å². The minimum Gasteiger partial charge on any atom is -0.487 e. The van der Waals surface area contributed by atoms with Gasteiger partial charge in [-0.15, -0.1) is 5.10 Å². The predicted octanol–water partition coefficient (Wildman–Crippen LogP) is 3.20. The molecule has 1 aliphatic rings. The average molecular weight is 345 g/mol. The zero-order valence-corrected chi connectivity index (χ0v) is 12.6. The summed E-state index contributed by atoms with van der Waals surface area (Å²) < 4.78 is 43.9. The van der Waals surface area contributed by atoms with E-state index in [9.17, 15) is 13.2 Å². The summed E-state index contributed by atoms with van der Waals surface area (Å²) in [6.07, 6.45) is -1.10. The highest BCUT2D eigenvalue weighted by Crippen LogP contribution is 2.36. The van der Waals surface area contributed by atoms with Gasteiger partial charge in [-0.25, -0.2) is 4.98 Å². The van der Waals surface area contributed by atoms with Crippen molar-refractivity contribution in [2.75, 3.05) is 18.0 Å². The second-order valence-electron chi connectivity index (χ2n) is 5.06. The number of anilines is 1. The van der Waals surface area contributed by atoms with Crippen LogP contribution >= 0.6 is 11.6 Å². The highest BCUT2D eigenvalue weighted by atomic mass is 35.5. The first-order valence-corrected chi connectivity index (χ1v) is 7.23. The summed E-state index contributed by atoms with van der Waals surface area (Å²) in [5.41, 5.74) is -0.789. The van der Waals surface area contributed by atoms with Gasteiger partial charge in [0.05, 0.1) is 29.5 Å². The molecule has 9 heteroatoms. The number of halogens is 4. The Bertz CT molecular complexity index is 683. The highest BCUT2D eigenvalue weighted by molar-refractivity contribution is 6.32. The third kappa shape index (κ3) is 3.64. The van der Waals surface area contributed by atoms with E-state index in [4.69, 9.17) is 16.3 Å². The smallest absolute Gasteiger partial charge is 0.416 e. The molecule has 2 aromatic rings. The number of ether oxygens (including phenoxy) is 1. The lowest BCUT2D eigenvalue weighted by Crippen LogP contribution is -2.26.